The molecule has 1 aromatic carbocycles. The normalized spacial score (nSPS) is 16.1. The number of ether oxygens (including phenoxy) is 1. The van der Waals surface area contributed by atoms with Crippen LogP contribution in [-0.4, -0.2) is 28.6 Å². The lowest BCUT2D eigenvalue weighted by Crippen LogP contribution is -2.54. The first-order chi connectivity index (χ1) is 12.9. The van der Waals surface area contributed by atoms with E-state index in [1.165, 1.54) is 4.90 Å². The van der Waals surface area contributed by atoms with Crippen LogP contribution in [0.25, 0.3) is 6.08 Å². The summed E-state index contributed by atoms with van der Waals surface area (Å²) < 4.78 is 7.27. The highest BCUT2D eigenvalue weighted by Gasteiger charge is 2.34. The molecule has 3 rings (SSSR count). The summed E-state index contributed by atoms with van der Waals surface area (Å²) >= 11 is 5.22. The summed E-state index contributed by atoms with van der Waals surface area (Å²) in [6.45, 7) is 6.85. The zero-order chi connectivity index (χ0) is 19.7. The molecule has 2 amide bonds. The Morgan fingerprint density at radius 2 is 1.85 bits per heavy atom. The van der Waals surface area contributed by atoms with Gasteiger partial charge in [0.1, 0.15) is 11.3 Å². The highest BCUT2D eigenvalue weighted by molar-refractivity contribution is 7.80. The average Bonchev–Trinajstić information content (AvgIpc) is 2.91. The van der Waals surface area contributed by atoms with Gasteiger partial charge in [0.2, 0.25) is 0 Å². The molecular weight excluding hydrogens is 362 g/mol. The van der Waals surface area contributed by atoms with Crippen LogP contribution in [0.3, 0.4) is 0 Å². The number of hydrogen-bond donors (Lipinski definition) is 1. The van der Waals surface area contributed by atoms with Gasteiger partial charge in [-0.25, -0.2) is 0 Å². The lowest BCUT2D eigenvalue weighted by atomic mass is 10.1. The molecule has 2 aromatic rings. The van der Waals surface area contributed by atoms with Crippen molar-refractivity contribution in [3.8, 4) is 5.75 Å². The van der Waals surface area contributed by atoms with Gasteiger partial charge in [0.25, 0.3) is 11.8 Å². The Labute approximate surface area is 163 Å². The topological polar surface area (TPSA) is 63.6 Å². The van der Waals surface area contributed by atoms with E-state index in [0.717, 1.165) is 23.5 Å². The summed E-state index contributed by atoms with van der Waals surface area (Å²) in [5.41, 5.74) is 3.54. The van der Waals surface area contributed by atoms with Gasteiger partial charge in [-0.1, -0.05) is 0 Å². The molecule has 0 unspecified atom stereocenters. The highest BCUT2D eigenvalue weighted by Crippen LogP contribution is 2.25. The van der Waals surface area contributed by atoms with Crippen LogP contribution in [0.4, 0.5) is 5.69 Å². The Balaban J connectivity index is 2.02. The van der Waals surface area contributed by atoms with Crippen molar-refractivity contribution in [2.24, 2.45) is 0 Å². The van der Waals surface area contributed by atoms with Crippen molar-refractivity contribution in [3.63, 3.8) is 0 Å². The fourth-order valence-electron chi connectivity index (χ4n) is 3.24. The van der Waals surface area contributed by atoms with E-state index in [0.29, 0.717) is 11.4 Å². The Morgan fingerprint density at radius 1 is 1.19 bits per heavy atom. The van der Waals surface area contributed by atoms with Crippen LogP contribution >= 0.6 is 12.2 Å². The van der Waals surface area contributed by atoms with Crippen molar-refractivity contribution >= 4 is 40.9 Å². The number of nitrogens with zero attached hydrogens (tertiary/aromatic N) is 2. The standard InChI is InChI=1S/C20H21N3O3S/c1-5-22-12(2)10-14(13(22)3)11-17-18(24)21-20(27)23(19(17)25)15-6-8-16(26-4)9-7-15/h6-11H,5H2,1-4H3,(H,21,24,27)/b17-11+. The molecule has 1 fully saturated rings. The first kappa shape index (κ1) is 18.8. The Kier molecular flexibility index (Phi) is 5.14. The maximum Gasteiger partial charge on any atom is 0.270 e. The second kappa shape index (κ2) is 7.36. The van der Waals surface area contributed by atoms with E-state index in [9.17, 15) is 9.59 Å². The smallest absolute Gasteiger partial charge is 0.270 e. The van der Waals surface area contributed by atoms with E-state index >= 15 is 0 Å². The molecule has 0 spiro atoms. The van der Waals surface area contributed by atoms with Crippen LogP contribution in [0, 0.1) is 13.8 Å². The van der Waals surface area contributed by atoms with Crippen LogP contribution in [0.5, 0.6) is 5.75 Å². The van der Waals surface area contributed by atoms with Crippen LogP contribution in [0.2, 0.25) is 0 Å². The fourth-order valence-corrected chi connectivity index (χ4v) is 3.52. The Hall–Kier alpha value is -2.93. The van der Waals surface area contributed by atoms with E-state index in [2.05, 4.69) is 16.8 Å². The van der Waals surface area contributed by atoms with Crippen molar-refractivity contribution < 1.29 is 14.3 Å². The molecule has 1 aliphatic heterocycles. The number of rotatable bonds is 4. The molecule has 2 heterocycles. The third-order valence-electron chi connectivity index (χ3n) is 4.66. The van der Waals surface area contributed by atoms with Crippen molar-refractivity contribution in [1.82, 2.24) is 9.88 Å². The molecule has 0 radical (unpaired) electrons. The highest BCUT2D eigenvalue weighted by atomic mass is 32.1. The van der Waals surface area contributed by atoms with Gasteiger partial charge in [0.15, 0.2) is 5.11 Å². The minimum Gasteiger partial charge on any atom is -0.497 e. The first-order valence-electron chi connectivity index (χ1n) is 8.59. The maximum atomic E-state index is 13.0. The average molecular weight is 383 g/mol. The number of benzene rings is 1. The molecule has 27 heavy (non-hydrogen) atoms. The van der Waals surface area contributed by atoms with Gasteiger partial charge in [0, 0.05) is 17.9 Å². The predicted octanol–water partition coefficient (Wildman–Crippen LogP) is 2.96. The van der Waals surface area contributed by atoms with E-state index in [4.69, 9.17) is 17.0 Å². The number of thiocarbonyl (C=S) groups is 1. The molecule has 1 saturated heterocycles. The van der Waals surface area contributed by atoms with Crippen LogP contribution < -0.4 is 15.0 Å². The second-order valence-electron chi connectivity index (χ2n) is 6.23. The van der Waals surface area contributed by atoms with Crippen LogP contribution in [0.15, 0.2) is 35.9 Å². The van der Waals surface area contributed by atoms with E-state index in [1.54, 1.807) is 37.5 Å². The number of nitrogens with one attached hydrogen (secondary N) is 1. The van der Waals surface area contributed by atoms with Crippen LogP contribution in [0.1, 0.15) is 23.9 Å². The van der Waals surface area contributed by atoms with Crippen molar-refractivity contribution in [1.29, 1.82) is 0 Å². The van der Waals surface area contributed by atoms with E-state index < -0.39 is 11.8 Å². The molecule has 0 aliphatic carbocycles. The van der Waals surface area contributed by atoms with Crippen molar-refractivity contribution in [3.05, 3.63) is 52.9 Å². The summed E-state index contributed by atoms with van der Waals surface area (Å²) in [6.07, 6.45) is 1.63. The molecule has 1 aromatic heterocycles. The zero-order valence-corrected chi connectivity index (χ0v) is 16.5. The molecule has 140 valence electrons. The molecule has 0 atom stereocenters. The van der Waals surface area contributed by atoms with Crippen molar-refractivity contribution in [2.75, 3.05) is 12.0 Å². The number of anilines is 1. The zero-order valence-electron chi connectivity index (χ0n) is 15.7. The quantitative estimate of drug-likeness (QED) is 0.501. The lowest BCUT2D eigenvalue weighted by molar-refractivity contribution is -0.122. The first-order valence-corrected chi connectivity index (χ1v) is 9.00. The van der Waals surface area contributed by atoms with E-state index in [1.807, 2.05) is 19.9 Å². The second-order valence-corrected chi connectivity index (χ2v) is 6.61. The molecule has 6 nitrogen and oxygen atoms in total. The third kappa shape index (κ3) is 3.38. The van der Waals surface area contributed by atoms with Gasteiger partial charge in [-0.15, -0.1) is 0 Å². The number of carbonyl (C=O) groups excluding carboxylic acids is 2. The fraction of sp³-hybridized carbons (Fsp3) is 0.250. The molecule has 0 bridgehead atoms. The largest absolute Gasteiger partial charge is 0.497 e. The lowest BCUT2D eigenvalue weighted by Gasteiger charge is -2.29. The van der Waals surface area contributed by atoms with E-state index in [-0.39, 0.29) is 10.7 Å². The minimum atomic E-state index is -0.490. The van der Waals surface area contributed by atoms with Crippen molar-refractivity contribution in [2.45, 2.75) is 27.3 Å². The summed E-state index contributed by atoms with van der Waals surface area (Å²) in [4.78, 5) is 26.8. The molecule has 7 heteroatoms. The summed E-state index contributed by atoms with van der Waals surface area (Å²) in [7, 11) is 1.57. The van der Waals surface area contributed by atoms with Gasteiger partial charge >= 0.3 is 0 Å². The van der Waals surface area contributed by atoms with Crippen LogP contribution in [-0.2, 0) is 16.1 Å². The molecule has 0 saturated carbocycles. The molecular formula is C20H21N3O3S. The number of aryl methyl sites for hydroxylation is 1. The third-order valence-corrected chi connectivity index (χ3v) is 4.95. The van der Waals surface area contributed by atoms with Gasteiger partial charge in [-0.2, -0.15) is 0 Å². The number of carbonyl (C=O) groups is 2. The predicted molar refractivity (Wildman–Crippen MR) is 109 cm³/mol. The Morgan fingerprint density at radius 3 is 2.41 bits per heavy atom. The molecule has 1 N–H and O–H groups in total. The summed E-state index contributed by atoms with van der Waals surface area (Å²) in [5.74, 6) is -0.271. The summed E-state index contributed by atoms with van der Waals surface area (Å²) in [6, 6.07) is 8.89. The SMILES string of the molecule is CCn1c(C)cc(/C=C2\C(=O)NC(=S)N(c3ccc(OC)cc3)C2=O)c1C. The van der Waals surface area contributed by atoms with Gasteiger partial charge in [-0.3, -0.25) is 19.8 Å². The monoisotopic (exact) mass is 383 g/mol. The summed E-state index contributed by atoms with van der Waals surface area (Å²) in [5, 5.41) is 2.66. The number of hydrogen-bond acceptors (Lipinski definition) is 4. The maximum absolute atomic E-state index is 13.0. The number of aromatic nitrogens is 1. The van der Waals surface area contributed by atoms with Gasteiger partial charge in [0.05, 0.1) is 12.8 Å². The molecule has 1 aliphatic rings. The number of amides is 2. The van der Waals surface area contributed by atoms with Gasteiger partial charge < -0.3 is 9.30 Å². The minimum absolute atomic E-state index is 0.0516. The van der Waals surface area contributed by atoms with Gasteiger partial charge in [-0.05, 0) is 75.0 Å². The Bertz CT molecular complexity index is 958. The number of methoxy groups -OCH3 is 1.